The van der Waals surface area contributed by atoms with Crippen LogP contribution in [-0.2, 0) is 16.0 Å². The number of carboxylic acids is 1. The molecule has 0 spiro atoms. The molecule has 0 unspecified atom stereocenters. The summed E-state index contributed by atoms with van der Waals surface area (Å²) in [7, 11) is 1.48. The summed E-state index contributed by atoms with van der Waals surface area (Å²) in [6, 6.07) is 21.4. The Morgan fingerprint density at radius 1 is 1.00 bits per heavy atom. The second-order valence-corrected chi connectivity index (χ2v) is 7.58. The van der Waals surface area contributed by atoms with Gasteiger partial charge < -0.3 is 19.9 Å². The van der Waals surface area contributed by atoms with Crippen molar-refractivity contribution in [2.75, 3.05) is 20.3 Å². The first-order chi connectivity index (χ1) is 16.1. The molecular weight excluding hydrogens is 418 g/mol. The van der Waals surface area contributed by atoms with E-state index in [1.54, 1.807) is 18.2 Å². The number of ether oxygens (including phenoxy) is 2. The highest BCUT2D eigenvalue weighted by Crippen LogP contribution is 2.44. The average molecular weight is 441 g/mol. The van der Waals surface area contributed by atoms with Gasteiger partial charge in [-0.1, -0.05) is 66.4 Å². The normalized spacial score (nSPS) is 11.5. The van der Waals surface area contributed by atoms with Crippen LogP contribution >= 0.6 is 0 Å². The van der Waals surface area contributed by atoms with Crippen molar-refractivity contribution in [3.05, 3.63) is 89.0 Å². The van der Waals surface area contributed by atoms with Crippen molar-refractivity contribution < 1.29 is 24.2 Å². The topological polar surface area (TPSA) is 84.9 Å². The van der Waals surface area contributed by atoms with Crippen LogP contribution in [0.15, 0.2) is 66.7 Å². The van der Waals surface area contributed by atoms with Crippen molar-refractivity contribution in [1.82, 2.24) is 5.32 Å². The standard InChI is InChI=1S/C27H23NO5/c1-32-25-15-18(12-13-19(25)16-26(29)30)7-6-14-28-27(31)33-17-24-22-10-4-2-8-20(22)21-9-3-5-11-23(21)24/h2-5,8-13,15,24H,14,16-17H2,1H3,(H,28,31)(H,29,30). The van der Waals surface area contributed by atoms with Gasteiger partial charge in [0.25, 0.3) is 0 Å². The van der Waals surface area contributed by atoms with Gasteiger partial charge in [0, 0.05) is 17.0 Å². The first-order valence-electron chi connectivity index (χ1n) is 10.5. The van der Waals surface area contributed by atoms with Crippen molar-refractivity contribution in [3.63, 3.8) is 0 Å². The number of benzene rings is 3. The summed E-state index contributed by atoms with van der Waals surface area (Å²) < 4.78 is 10.7. The minimum atomic E-state index is -0.931. The zero-order chi connectivity index (χ0) is 23.2. The molecule has 3 aromatic rings. The molecule has 0 fully saturated rings. The number of alkyl carbamates (subject to hydrolysis) is 1. The minimum Gasteiger partial charge on any atom is -0.496 e. The largest absolute Gasteiger partial charge is 0.496 e. The zero-order valence-electron chi connectivity index (χ0n) is 18.1. The fourth-order valence-corrected chi connectivity index (χ4v) is 4.04. The first-order valence-corrected chi connectivity index (χ1v) is 10.5. The van der Waals surface area contributed by atoms with Crippen molar-refractivity contribution in [2.24, 2.45) is 0 Å². The summed E-state index contributed by atoms with van der Waals surface area (Å²) in [5, 5.41) is 11.6. The summed E-state index contributed by atoms with van der Waals surface area (Å²) >= 11 is 0. The van der Waals surface area contributed by atoms with Gasteiger partial charge in [-0.05, 0) is 34.4 Å². The molecule has 2 N–H and O–H groups in total. The van der Waals surface area contributed by atoms with E-state index in [9.17, 15) is 9.59 Å². The maximum absolute atomic E-state index is 12.2. The lowest BCUT2D eigenvalue weighted by molar-refractivity contribution is -0.136. The van der Waals surface area contributed by atoms with E-state index in [2.05, 4.69) is 41.4 Å². The summed E-state index contributed by atoms with van der Waals surface area (Å²) in [6.07, 6.45) is -0.652. The van der Waals surface area contributed by atoms with E-state index < -0.39 is 12.1 Å². The van der Waals surface area contributed by atoms with E-state index in [1.807, 2.05) is 24.3 Å². The Morgan fingerprint density at radius 3 is 2.30 bits per heavy atom. The zero-order valence-corrected chi connectivity index (χ0v) is 18.1. The molecule has 1 aliphatic rings. The van der Waals surface area contributed by atoms with Crippen LogP contribution in [0.5, 0.6) is 5.75 Å². The summed E-state index contributed by atoms with van der Waals surface area (Å²) in [5.74, 6) is 5.34. The molecule has 0 bridgehead atoms. The molecule has 3 aromatic carbocycles. The fourth-order valence-electron chi connectivity index (χ4n) is 4.04. The molecule has 4 rings (SSSR count). The highest BCUT2D eigenvalue weighted by Gasteiger charge is 2.28. The predicted octanol–water partition coefficient (Wildman–Crippen LogP) is 4.21. The van der Waals surface area contributed by atoms with Crippen molar-refractivity contribution in [1.29, 1.82) is 0 Å². The molecule has 6 nitrogen and oxygen atoms in total. The lowest BCUT2D eigenvalue weighted by Gasteiger charge is -2.14. The number of rotatable bonds is 6. The van der Waals surface area contributed by atoms with Gasteiger partial charge in [0.2, 0.25) is 0 Å². The Hall–Kier alpha value is -4.24. The van der Waals surface area contributed by atoms with Gasteiger partial charge in [-0.2, -0.15) is 0 Å². The number of carbonyl (C=O) groups excluding carboxylic acids is 1. The Morgan fingerprint density at radius 2 is 1.67 bits per heavy atom. The molecule has 6 heteroatoms. The van der Waals surface area contributed by atoms with Crippen LogP contribution in [-0.4, -0.2) is 37.4 Å². The third-order valence-corrected chi connectivity index (χ3v) is 5.53. The maximum Gasteiger partial charge on any atom is 0.407 e. The van der Waals surface area contributed by atoms with Gasteiger partial charge in [-0.3, -0.25) is 4.79 Å². The number of aliphatic carboxylic acids is 1. The molecule has 166 valence electrons. The molecule has 0 saturated carbocycles. The molecule has 33 heavy (non-hydrogen) atoms. The molecular formula is C27H23NO5. The molecule has 0 aromatic heterocycles. The number of amides is 1. The SMILES string of the molecule is COc1cc(C#CCNC(=O)OCC2c3ccccc3-c3ccccc32)ccc1CC(=O)O. The van der Waals surface area contributed by atoms with E-state index in [0.717, 1.165) is 11.1 Å². The molecule has 0 saturated heterocycles. The maximum atomic E-state index is 12.2. The van der Waals surface area contributed by atoms with Crippen LogP contribution in [0.3, 0.4) is 0 Å². The number of carbonyl (C=O) groups is 2. The molecule has 0 atom stereocenters. The van der Waals surface area contributed by atoms with Gasteiger partial charge in [0.15, 0.2) is 0 Å². The van der Waals surface area contributed by atoms with Crippen LogP contribution in [0.4, 0.5) is 4.79 Å². The van der Waals surface area contributed by atoms with Gasteiger partial charge >= 0.3 is 12.1 Å². The number of hydrogen-bond acceptors (Lipinski definition) is 4. The Kier molecular flexibility index (Phi) is 6.61. The van der Waals surface area contributed by atoms with Crippen LogP contribution in [0.1, 0.15) is 28.2 Å². The summed E-state index contributed by atoms with van der Waals surface area (Å²) in [4.78, 5) is 23.1. The van der Waals surface area contributed by atoms with Gasteiger partial charge in [0.1, 0.15) is 12.4 Å². The predicted molar refractivity (Wildman–Crippen MR) is 124 cm³/mol. The quantitative estimate of drug-likeness (QED) is 0.560. The number of fused-ring (bicyclic) bond motifs is 3. The molecule has 1 aliphatic carbocycles. The lowest BCUT2D eigenvalue weighted by Crippen LogP contribution is -2.26. The van der Waals surface area contributed by atoms with Gasteiger partial charge in [-0.15, -0.1) is 0 Å². The monoisotopic (exact) mass is 441 g/mol. The highest BCUT2D eigenvalue weighted by atomic mass is 16.5. The van der Waals surface area contributed by atoms with Crippen LogP contribution < -0.4 is 10.1 Å². The summed E-state index contributed by atoms with van der Waals surface area (Å²) in [5.41, 5.74) is 5.91. The first kappa shape index (κ1) is 22.0. The molecule has 0 aliphatic heterocycles. The van der Waals surface area contributed by atoms with Crippen molar-refractivity contribution >= 4 is 12.1 Å². The average Bonchev–Trinajstić information content (AvgIpc) is 3.14. The minimum absolute atomic E-state index is 0.00557. The molecule has 0 heterocycles. The fraction of sp³-hybridized carbons (Fsp3) is 0.185. The lowest BCUT2D eigenvalue weighted by atomic mass is 9.98. The van der Waals surface area contributed by atoms with Gasteiger partial charge in [0.05, 0.1) is 20.1 Å². The van der Waals surface area contributed by atoms with E-state index in [-0.39, 0.29) is 25.5 Å². The van der Waals surface area contributed by atoms with Crippen molar-refractivity contribution in [2.45, 2.75) is 12.3 Å². The summed E-state index contributed by atoms with van der Waals surface area (Å²) in [6.45, 7) is 0.366. The number of carboxylic acid groups (broad SMARTS) is 1. The van der Waals surface area contributed by atoms with Crippen LogP contribution in [0.2, 0.25) is 0 Å². The molecule has 0 radical (unpaired) electrons. The highest BCUT2D eigenvalue weighted by molar-refractivity contribution is 5.79. The molecule has 1 amide bonds. The second-order valence-electron chi connectivity index (χ2n) is 7.58. The number of methoxy groups -OCH3 is 1. The Balaban J connectivity index is 1.33. The van der Waals surface area contributed by atoms with E-state index in [1.165, 1.54) is 18.2 Å². The smallest absolute Gasteiger partial charge is 0.407 e. The third-order valence-electron chi connectivity index (χ3n) is 5.53. The Labute approximate surface area is 192 Å². The number of hydrogen-bond donors (Lipinski definition) is 2. The van der Waals surface area contributed by atoms with Crippen molar-refractivity contribution in [3.8, 4) is 28.7 Å². The van der Waals surface area contributed by atoms with E-state index in [0.29, 0.717) is 16.9 Å². The second kappa shape index (κ2) is 9.92. The Bertz CT molecular complexity index is 1210. The number of nitrogens with one attached hydrogen (secondary N) is 1. The van der Waals surface area contributed by atoms with E-state index in [4.69, 9.17) is 14.6 Å². The van der Waals surface area contributed by atoms with Gasteiger partial charge in [-0.25, -0.2) is 4.79 Å². The van der Waals surface area contributed by atoms with E-state index >= 15 is 0 Å². The van der Waals surface area contributed by atoms with Crippen LogP contribution in [0, 0.1) is 11.8 Å². The van der Waals surface area contributed by atoms with Crippen LogP contribution in [0.25, 0.3) is 11.1 Å². The third kappa shape index (κ3) is 4.99.